The van der Waals surface area contributed by atoms with E-state index in [0.29, 0.717) is 18.7 Å². The van der Waals surface area contributed by atoms with E-state index in [1.165, 1.54) is 12.8 Å². The van der Waals surface area contributed by atoms with Crippen molar-refractivity contribution in [2.24, 2.45) is 0 Å². The fourth-order valence-corrected chi connectivity index (χ4v) is 1.20. The third-order valence-electron chi connectivity index (χ3n) is 2.23. The largest absolute Gasteiger partial charge is 0.450 e. The molecule has 1 aromatic rings. The van der Waals surface area contributed by atoms with Crippen LogP contribution in [-0.2, 0) is 6.54 Å². The molecule has 1 aromatic heterocycles. The van der Waals surface area contributed by atoms with E-state index in [1.54, 1.807) is 12.3 Å². The fraction of sp³-hybridized carbons (Fsp3) is 0.545. The highest BCUT2D eigenvalue weighted by Crippen LogP contribution is 2.19. The van der Waals surface area contributed by atoms with Gasteiger partial charge in [-0.15, -0.1) is 6.58 Å². The Hall–Kier alpha value is -1.29. The summed E-state index contributed by atoms with van der Waals surface area (Å²) in [6, 6.07) is 0.687. The van der Waals surface area contributed by atoms with Crippen molar-refractivity contribution in [3.05, 3.63) is 24.6 Å². The number of hydrogen-bond acceptors (Lipinski definition) is 4. The molecule has 0 spiro atoms. The zero-order valence-electron chi connectivity index (χ0n) is 8.74. The van der Waals surface area contributed by atoms with E-state index in [1.807, 2.05) is 0 Å². The van der Waals surface area contributed by atoms with Crippen LogP contribution in [0.5, 0.6) is 6.08 Å². The van der Waals surface area contributed by atoms with Crippen LogP contribution in [0.25, 0.3) is 0 Å². The quantitative estimate of drug-likeness (QED) is 0.549. The average molecular weight is 208 g/mol. The molecule has 0 bridgehead atoms. The summed E-state index contributed by atoms with van der Waals surface area (Å²) in [6.07, 6.45) is 7.15. The van der Waals surface area contributed by atoms with E-state index in [4.69, 9.17) is 9.15 Å². The minimum absolute atomic E-state index is 0.351. The Morgan fingerprint density at radius 1 is 1.67 bits per heavy atom. The van der Waals surface area contributed by atoms with E-state index >= 15 is 0 Å². The minimum atomic E-state index is 0.351. The third kappa shape index (κ3) is 3.40. The summed E-state index contributed by atoms with van der Waals surface area (Å²) in [7, 11) is 0. The molecule has 4 nitrogen and oxygen atoms in total. The first-order valence-corrected chi connectivity index (χ1v) is 5.30. The molecule has 1 aliphatic rings. The Morgan fingerprint density at radius 2 is 2.53 bits per heavy atom. The molecule has 0 amide bonds. The van der Waals surface area contributed by atoms with E-state index in [2.05, 4.69) is 16.9 Å². The summed E-state index contributed by atoms with van der Waals surface area (Å²) >= 11 is 0. The number of aromatic nitrogens is 1. The van der Waals surface area contributed by atoms with Crippen molar-refractivity contribution < 1.29 is 9.15 Å². The number of nitrogens with one attached hydrogen (secondary N) is 1. The second-order valence-corrected chi connectivity index (χ2v) is 3.69. The van der Waals surface area contributed by atoms with Gasteiger partial charge in [0.05, 0.1) is 12.3 Å². The minimum Gasteiger partial charge on any atom is -0.450 e. The van der Waals surface area contributed by atoms with Crippen LogP contribution in [-0.4, -0.2) is 17.6 Å². The van der Waals surface area contributed by atoms with Gasteiger partial charge in [-0.25, -0.2) is 0 Å². The highest BCUT2D eigenvalue weighted by atomic mass is 16.6. The third-order valence-corrected chi connectivity index (χ3v) is 2.23. The lowest BCUT2D eigenvalue weighted by molar-refractivity contribution is 0.235. The molecule has 1 saturated carbocycles. The molecule has 1 aliphatic carbocycles. The van der Waals surface area contributed by atoms with E-state index in [0.717, 1.165) is 18.7 Å². The SMILES string of the molecule is C=CCCOc1nc(CNC2CC2)co1. The summed E-state index contributed by atoms with van der Waals surface area (Å²) in [5.41, 5.74) is 0.899. The van der Waals surface area contributed by atoms with Crippen molar-refractivity contribution in [2.45, 2.75) is 31.8 Å². The highest BCUT2D eigenvalue weighted by molar-refractivity contribution is 5.00. The van der Waals surface area contributed by atoms with Crippen LogP contribution in [0.2, 0.25) is 0 Å². The predicted octanol–water partition coefficient (Wildman–Crippen LogP) is 1.88. The first-order chi connectivity index (χ1) is 7.38. The van der Waals surface area contributed by atoms with E-state index < -0.39 is 0 Å². The van der Waals surface area contributed by atoms with Gasteiger partial charge in [-0.2, -0.15) is 4.98 Å². The van der Waals surface area contributed by atoms with Crippen LogP contribution < -0.4 is 10.1 Å². The Labute approximate surface area is 89.3 Å². The first kappa shape index (κ1) is 10.2. The maximum atomic E-state index is 5.27. The Morgan fingerprint density at radius 3 is 3.27 bits per heavy atom. The molecule has 0 atom stereocenters. The lowest BCUT2D eigenvalue weighted by Crippen LogP contribution is -2.15. The molecular formula is C11H16N2O2. The lowest BCUT2D eigenvalue weighted by atomic mass is 10.4. The molecular weight excluding hydrogens is 192 g/mol. The van der Waals surface area contributed by atoms with Gasteiger partial charge in [-0.05, 0) is 19.3 Å². The van der Waals surface area contributed by atoms with Crippen LogP contribution in [0.1, 0.15) is 25.0 Å². The Bertz CT molecular complexity index is 318. The smallest absolute Gasteiger partial charge is 0.393 e. The van der Waals surface area contributed by atoms with Crippen LogP contribution >= 0.6 is 0 Å². The van der Waals surface area contributed by atoms with Gasteiger partial charge in [0.15, 0.2) is 0 Å². The highest BCUT2D eigenvalue weighted by Gasteiger charge is 2.20. The topological polar surface area (TPSA) is 47.3 Å². The van der Waals surface area contributed by atoms with Crippen molar-refractivity contribution >= 4 is 0 Å². The number of ether oxygens (including phenoxy) is 1. The molecule has 0 unspecified atom stereocenters. The molecule has 82 valence electrons. The van der Waals surface area contributed by atoms with Gasteiger partial charge in [0.2, 0.25) is 0 Å². The van der Waals surface area contributed by atoms with Gasteiger partial charge in [0.1, 0.15) is 6.26 Å². The maximum absolute atomic E-state index is 5.27. The van der Waals surface area contributed by atoms with Gasteiger partial charge in [0, 0.05) is 12.6 Å². The number of nitrogens with zero attached hydrogens (tertiary/aromatic N) is 1. The summed E-state index contributed by atoms with van der Waals surface area (Å²) in [5, 5.41) is 3.36. The predicted molar refractivity (Wildman–Crippen MR) is 56.7 cm³/mol. The molecule has 0 aromatic carbocycles. The molecule has 1 fully saturated rings. The van der Waals surface area contributed by atoms with Crippen molar-refractivity contribution in [3.63, 3.8) is 0 Å². The monoisotopic (exact) mass is 208 g/mol. The summed E-state index contributed by atoms with van der Waals surface area (Å²) in [5.74, 6) is 0. The second kappa shape index (κ2) is 4.98. The molecule has 15 heavy (non-hydrogen) atoms. The van der Waals surface area contributed by atoms with Crippen molar-refractivity contribution in [3.8, 4) is 6.08 Å². The van der Waals surface area contributed by atoms with Gasteiger partial charge < -0.3 is 14.5 Å². The van der Waals surface area contributed by atoms with Crippen molar-refractivity contribution in [1.29, 1.82) is 0 Å². The lowest BCUT2D eigenvalue weighted by Gasteiger charge is -1.97. The van der Waals surface area contributed by atoms with Gasteiger partial charge in [0.25, 0.3) is 0 Å². The molecule has 2 rings (SSSR count). The maximum Gasteiger partial charge on any atom is 0.393 e. The van der Waals surface area contributed by atoms with Crippen molar-refractivity contribution in [1.82, 2.24) is 10.3 Å². The standard InChI is InChI=1S/C11H16N2O2/c1-2-3-6-14-11-13-10(8-15-11)7-12-9-4-5-9/h2,8-9,12H,1,3-7H2. The normalized spacial score (nSPS) is 15.2. The van der Waals surface area contributed by atoms with Crippen LogP contribution in [0.3, 0.4) is 0 Å². The average Bonchev–Trinajstić information content (AvgIpc) is 2.97. The summed E-state index contributed by atoms with van der Waals surface area (Å²) in [6.45, 7) is 4.94. The zero-order valence-corrected chi connectivity index (χ0v) is 8.74. The molecule has 1 N–H and O–H groups in total. The Kier molecular flexibility index (Phi) is 3.40. The van der Waals surface area contributed by atoms with E-state index in [9.17, 15) is 0 Å². The molecule has 1 heterocycles. The first-order valence-electron chi connectivity index (χ1n) is 5.30. The van der Waals surface area contributed by atoms with Crippen LogP contribution in [0.4, 0.5) is 0 Å². The molecule has 0 aliphatic heterocycles. The number of hydrogen-bond donors (Lipinski definition) is 1. The molecule has 0 radical (unpaired) electrons. The number of rotatable bonds is 7. The summed E-state index contributed by atoms with van der Waals surface area (Å²) < 4.78 is 10.4. The van der Waals surface area contributed by atoms with Crippen LogP contribution in [0, 0.1) is 0 Å². The van der Waals surface area contributed by atoms with Crippen molar-refractivity contribution in [2.75, 3.05) is 6.61 Å². The van der Waals surface area contributed by atoms with Gasteiger partial charge >= 0.3 is 6.08 Å². The second-order valence-electron chi connectivity index (χ2n) is 3.69. The number of oxazole rings is 1. The Balaban J connectivity index is 1.72. The molecule has 4 heteroatoms. The molecule has 0 saturated heterocycles. The zero-order chi connectivity index (χ0) is 10.5. The van der Waals surface area contributed by atoms with E-state index in [-0.39, 0.29) is 0 Å². The van der Waals surface area contributed by atoms with Gasteiger partial charge in [-0.1, -0.05) is 6.08 Å². The van der Waals surface area contributed by atoms with Crippen LogP contribution in [0.15, 0.2) is 23.3 Å². The van der Waals surface area contributed by atoms with Gasteiger partial charge in [-0.3, -0.25) is 0 Å². The summed E-state index contributed by atoms with van der Waals surface area (Å²) in [4.78, 5) is 4.20. The fourth-order valence-electron chi connectivity index (χ4n) is 1.20.